The van der Waals surface area contributed by atoms with Gasteiger partial charge in [-0.2, -0.15) is 0 Å². The molecule has 0 aromatic heterocycles. The maximum absolute atomic E-state index is 14.4. The molecule has 1 spiro atoms. The van der Waals surface area contributed by atoms with Crippen LogP contribution in [0.3, 0.4) is 0 Å². The highest BCUT2D eigenvalue weighted by Crippen LogP contribution is 2.54. The van der Waals surface area contributed by atoms with E-state index in [2.05, 4.69) is 46.7 Å². The van der Waals surface area contributed by atoms with Gasteiger partial charge in [-0.1, -0.05) is 50.4 Å². The summed E-state index contributed by atoms with van der Waals surface area (Å²) in [7, 11) is 1.58. The highest BCUT2D eigenvalue weighted by atomic mass is 16.8. The van der Waals surface area contributed by atoms with Gasteiger partial charge in [0.2, 0.25) is 29.5 Å². The molecule has 10 heterocycles. The highest BCUT2D eigenvalue weighted by molar-refractivity contribution is 5.92. The van der Waals surface area contributed by atoms with E-state index in [9.17, 15) is 33.9 Å². The number of Topliss-reactive ketones (excluding diaryl/α,β-unsaturated/α-hetero) is 1. The Labute approximate surface area is 472 Å². The summed E-state index contributed by atoms with van der Waals surface area (Å²) in [6, 6.07) is 7.87. The van der Waals surface area contributed by atoms with Crippen molar-refractivity contribution in [3.63, 3.8) is 0 Å². The third-order valence-electron chi connectivity index (χ3n) is 17.8. The molecule has 10 aliphatic heterocycles. The molecule has 446 valence electrons. The fourth-order valence-electron chi connectivity index (χ4n) is 13.7. The van der Waals surface area contributed by atoms with E-state index in [-0.39, 0.29) is 118 Å². The summed E-state index contributed by atoms with van der Waals surface area (Å²) in [5, 5.41) is 23.9. The number of rotatable bonds is 18. The zero-order chi connectivity index (χ0) is 57.0. The molecule has 2 unspecified atom stereocenters. The van der Waals surface area contributed by atoms with Crippen molar-refractivity contribution in [1.29, 1.82) is 0 Å². The molecule has 81 heavy (non-hydrogen) atoms. The molecule has 0 saturated carbocycles. The first-order valence-corrected chi connectivity index (χ1v) is 29.1. The number of fused-ring (bicyclic) bond motifs is 6. The number of amides is 5. The number of carbonyl (C=O) groups excluding carboxylic acids is 6. The van der Waals surface area contributed by atoms with Gasteiger partial charge in [0.25, 0.3) is 0 Å². The second kappa shape index (κ2) is 26.4. The maximum Gasteiger partial charge on any atom is 0.246 e. The molecule has 8 N–H and O–H groups in total. The van der Waals surface area contributed by atoms with E-state index < -0.39 is 104 Å². The minimum Gasteiger partial charge on any atom is -0.391 e. The molecule has 5 amide bonds. The van der Waals surface area contributed by atoms with Gasteiger partial charge in [0, 0.05) is 64.5 Å². The Hall–Kier alpha value is -4.76. The number of hydrogen-bond donors (Lipinski definition) is 7. The Morgan fingerprint density at radius 2 is 1.48 bits per heavy atom. The molecule has 0 radical (unpaired) electrons. The normalized spacial score (nSPS) is 37.8. The predicted octanol–water partition coefficient (Wildman–Crippen LogP) is 0.604. The Kier molecular flexibility index (Phi) is 19.4. The fraction of sp³-hybridized carbons (Fsp3) is 0.724. The third-order valence-corrected chi connectivity index (χ3v) is 17.8. The van der Waals surface area contributed by atoms with Gasteiger partial charge in [-0.15, -0.1) is 0 Å². The summed E-state index contributed by atoms with van der Waals surface area (Å²) >= 11 is 0. The summed E-state index contributed by atoms with van der Waals surface area (Å²) < 4.78 is 65.9. The first-order valence-electron chi connectivity index (χ1n) is 29.1. The largest absolute Gasteiger partial charge is 0.391 e. The second-order valence-electron chi connectivity index (χ2n) is 23.6. The molecular weight excluding hydrogens is 1050 g/mol. The van der Waals surface area contributed by atoms with E-state index in [0.717, 1.165) is 48.8 Å². The number of nitrogens with one attached hydrogen (secondary N) is 5. The summed E-state index contributed by atoms with van der Waals surface area (Å²) in [4.78, 5) is 77.1. The van der Waals surface area contributed by atoms with E-state index in [4.69, 9.17) is 53.1 Å². The highest BCUT2D eigenvalue weighted by Gasteiger charge is 2.69. The molecule has 1 aromatic rings. The van der Waals surface area contributed by atoms with Crippen LogP contribution in [0.1, 0.15) is 96.0 Å². The molecule has 10 saturated heterocycles. The van der Waals surface area contributed by atoms with Crippen LogP contribution in [0.5, 0.6) is 0 Å². The SMILES string of the molecule is C=C1C[C@@H]2CC[C@@]34C[C@H]5OC6C(O[C@H]7CC[C@H](CC(=O)C[C@@H]8[C@@H](OC)[C@@H](C[C@H](O)CNC(=O)COCNC(=O)CNC(=O)[C@H](Cc9ccccc9)NC(=O)CNC(=O)CN)O[C@H]8C[C@H]8O[C@@H](CC[C@@H]1O2)C[C@@H](C)C8=C)O[C@@H]7[C@@H]6O3)[C@H]5O4. The van der Waals surface area contributed by atoms with Crippen molar-refractivity contribution in [3.05, 3.63) is 60.2 Å². The Balaban J connectivity index is 0.730. The third kappa shape index (κ3) is 14.3. The van der Waals surface area contributed by atoms with Gasteiger partial charge in [-0.25, -0.2) is 0 Å². The van der Waals surface area contributed by atoms with Gasteiger partial charge in [-0.3, -0.25) is 28.8 Å². The Morgan fingerprint density at radius 1 is 0.741 bits per heavy atom. The van der Waals surface area contributed by atoms with Crippen molar-refractivity contribution in [2.45, 2.75) is 206 Å². The molecular formula is C58H82N6O17. The molecule has 10 fully saturated rings. The van der Waals surface area contributed by atoms with Crippen LogP contribution in [0.2, 0.25) is 0 Å². The first kappa shape index (κ1) is 59.4. The number of nitrogens with two attached hydrogens (primary N) is 1. The first-order chi connectivity index (χ1) is 39.0. The number of aliphatic hydroxyl groups excluding tert-OH is 1. The molecule has 0 aliphatic carbocycles. The number of benzene rings is 1. The molecule has 23 nitrogen and oxygen atoms in total. The zero-order valence-corrected chi connectivity index (χ0v) is 46.5. The molecule has 10 aliphatic rings. The van der Waals surface area contributed by atoms with Crippen molar-refractivity contribution in [1.82, 2.24) is 26.6 Å². The fourth-order valence-corrected chi connectivity index (χ4v) is 13.7. The smallest absolute Gasteiger partial charge is 0.246 e. The van der Waals surface area contributed by atoms with Crippen molar-refractivity contribution < 1.29 is 81.2 Å². The van der Waals surface area contributed by atoms with Gasteiger partial charge in [-0.05, 0) is 67.6 Å². The number of hydrogen-bond acceptors (Lipinski definition) is 18. The van der Waals surface area contributed by atoms with Crippen LogP contribution in [0.4, 0.5) is 0 Å². The van der Waals surface area contributed by atoms with Crippen molar-refractivity contribution in [2.24, 2.45) is 17.6 Å². The quantitative estimate of drug-likeness (QED) is 0.0602. The summed E-state index contributed by atoms with van der Waals surface area (Å²) in [5.41, 5.74) is 8.09. The standard InChI is InChI=1S/C58H82N6O17/c1-30-16-36-10-12-41-31(2)17-38(74-41)14-15-58-23-46-53(80-58)54-55(79-46)56(81-58)52-42(78-54)13-11-37(76-52)19-34(65)20-39-44(22-43(75-36)32(30)3)77-45(51(39)72-4)21-35(66)25-60-50(70)28-73-29-63-48(68)26-62-57(71)40(18-33-8-6-5-7-9-33)64-49(69)27-61-47(67)24-59/h5-9,30,35-46,51-56,66H,2-3,10-29,59H2,1,4H3,(H,60,70)(H,61,67)(H,62,71)(H,63,68)(H,64,69)/t30-,35+,36+,37-,38+,39+,40+,41+,42+,43-,44+,45-,46-,51-,52+,53+,54?,55?,56+,58+/m1/s1. The molecule has 12 bridgehead atoms. The predicted molar refractivity (Wildman–Crippen MR) is 286 cm³/mol. The van der Waals surface area contributed by atoms with E-state index in [0.29, 0.717) is 32.1 Å². The van der Waals surface area contributed by atoms with Crippen molar-refractivity contribution in [3.8, 4) is 0 Å². The van der Waals surface area contributed by atoms with Crippen LogP contribution >= 0.6 is 0 Å². The number of ether oxygens (including phenoxy) is 10. The molecule has 23 heteroatoms. The van der Waals surface area contributed by atoms with Gasteiger partial charge in [0.15, 0.2) is 5.79 Å². The van der Waals surface area contributed by atoms with Gasteiger partial charge < -0.3 is 84.8 Å². The van der Waals surface area contributed by atoms with Crippen LogP contribution in [0, 0.1) is 11.8 Å². The number of aliphatic hydroxyl groups is 1. The van der Waals surface area contributed by atoms with Crippen molar-refractivity contribution in [2.75, 3.05) is 46.6 Å². The molecule has 11 rings (SSSR count). The zero-order valence-electron chi connectivity index (χ0n) is 46.5. The topological polar surface area (TPSA) is 301 Å². The summed E-state index contributed by atoms with van der Waals surface area (Å²) in [6.45, 7) is 8.98. The Bertz CT molecular complexity index is 2450. The molecule has 1 aromatic carbocycles. The van der Waals surface area contributed by atoms with E-state index in [1.54, 1.807) is 31.4 Å². The lowest BCUT2D eigenvalue weighted by molar-refractivity contribution is -0.292. The monoisotopic (exact) mass is 1130 g/mol. The molecule has 20 atom stereocenters. The van der Waals surface area contributed by atoms with E-state index in [1.165, 1.54) is 0 Å². The van der Waals surface area contributed by atoms with Gasteiger partial charge in [0.1, 0.15) is 55.7 Å². The minimum absolute atomic E-state index is 0.00203. The average molecular weight is 1140 g/mol. The van der Waals surface area contributed by atoms with Crippen LogP contribution in [-0.4, -0.2) is 197 Å². The van der Waals surface area contributed by atoms with E-state index in [1.807, 2.05) is 6.07 Å². The lowest BCUT2D eigenvalue weighted by atomic mass is 9.81. The van der Waals surface area contributed by atoms with Crippen LogP contribution in [0.15, 0.2) is 54.6 Å². The lowest BCUT2D eigenvalue weighted by Crippen LogP contribution is -2.61. The van der Waals surface area contributed by atoms with Gasteiger partial charge >= 0.3 is 0 Å². The number of carbonyl (C=O) groups is 6. The average Bonchev–Trinajstić information content (AvgIpc) is 2.38. The van der Waals surface area contributed by atoms with Gasteiger partial charge in [0.05, 0.1) is 86.8 Å². The maximum atomic E-state index is 14.4. The van der Waals surface area contributed by atoms with Crippen LogP contribution in [0.25, 0.3) is 0 Å². The summed E-state index contributed by atoms with van der Waals surface area (Å²) in [6.07, 6.45) is 1.65. The lowest BCUT2D eigenvalue weighted by Gasteiger charge is -2.47. The van der Waals surface area contributed by atoms with Crippen LogP contribution < -0.4 is 32.3 Å². The van der Waals surface area contributed by atoms with E-state index >= 15 is 0 Å². The number of methoxy groups -OCH3 is 1. The summed E-state index contributed by atoms with van der Waals surface area (Å²) in [5.74, 6) is -4.08. The Morgan fingerprint density at radius 3 is 2.28 bits per heavy atom. The van der Waals surface area contributed by atoms with Crippen molar-refractivity contribution >= 4 is 35.3 Å². The second-order valence-corrected chi connectivity index (χ2v) is 23.6. The number of ketones is 1. The van der Waals surface area contributed by atoms with Crippen LogP contribution in [-0.2, 0) is 82.6 Å². The minimum atomic E-state index is -1.08.